The summed E-state index contributed by atoms with van der Waals surface area (Å²) in [6, 6.07) is 15.1. The van der Waals surface area contributed by atoms with Gasteiger partial charge in [0, 0.05) is 16.9 Å². The Kier molecular flexibility index (Phi) is 7.02. The highest BCUT2D eigenvalue weighted by molar-refractivity contribution is 6.39. The molecule has 9 heteroatoms. The number of benzene rings is 3. The molecule has 164 valence electrons. The molecule has 0 radical (unpaired) electrons. The first kappa shape index (κ1) is 23.1. The molecule has 0 saturated carbocycles. The Hall–Kier alpha value is -3.55. The fourth-order valence-electron chi connectivity index (χ4n) is 2.98. The highest BCUT2D eigenvalue weighted by atomic mass is 35.5. The summed E-state index contributed by atoms with van der Waals surface area (Å²) in [5.74, 6) is -2.52. The van der Waals surface area contributed by atoms with Crippen LogP contribution in [0.4, 0.5) is 11.4 Å². The van der Waals surface area contributed by atoms with Crippen LogP contribution in [0.1, 0.15) is 21.5 Å². The van der Waals surface area contributed by atoms with Crippen molar-refractivity contribution in [2.45, 2.75) is 13.8 Å². The maximum absolute atomic E-state index is 12.6. The second-order valence-corrected chi connectivity index (χ2v) is 7.70. The van der Waals surface area contributed by atoms with Gasteiger partial charge in [0.25, 0.3) is 5.91 Å². The van der Waals surface area contributed by atoms with E-state index < -0.39 is 11.9 Å². The molecular weight excluding hydrogens is 455 g/mol. The Morgan fingerprint density at radius 1 is 0.812 bits per heavy atom. The van der Waals surface area contributed by atoms with Crippen LogP contribution in [0.3, 0.4) is 0 Å². The number of halogens is 2. The van der Waals surface area contributed by atoms with E-state index in [2.05, 4.69) is 10.6 Å². The van der Waals surface area contributed by atoms with Crippen molar-refractivity contribution in [1.29, 1.82) is 0 Å². The molecule has 0 aliphatic rings. The third-order valence-electron chi connectivity index (χ3n) is 4.41. The average molecular weight is 473 g/mol. The van der Waals surface area contributed by atoms with Gasteiger partial charge in [-0.05, 0) is 61.4 Å². The number of hydrogen-bond donors (Lipinski definition) is 3. The Balaban J connectivity index is 1.84. The van der Waals surface area contributed by atoms with E-state index in [1.165, 1.54) is 12.1 Å². The number of anilines is 2. The summed E-state index contributed by atoms with van der Waals surface area (Å²) in [6.07, 6.45) is 0. The molecule has 2 amide bonds. The van der Waals surface area contributed by atoms with E-state index in [4.69, 9.17) is 33.0 Å². The van der Waals surface area contributed by atoms with Gasteiger partial charge >= 0.3 is 11.9 Å². The number of carboxylic acid groups (broad SMARTS) is 1. The van der Waals surface area contributed by atoms with Gasteiger partial charge in [-0.25, -0.2) is 4.79 Å². The highest BCUT2D eigenvalue weighted by Gasteiger charge is 2.18. The molecule has 7 nitrogen and oxygen atoms in total. The molecular formula is C23H18Cl2N2O5. The monoisotopic (exact) mass is 472 g/mol. The van der Waals surface area contributed by atoms with Gasteiger partial charge in [0.1, 0.15) is 5.75 Å². The summed E-state index contributed by atoms with van der Waals surface area (Å²) in [4.78, 5) is 34.6. The summed E-state index contributed by atoms with van der Waals surface area (Å²) < 4.78 is 5.94. The molecule has 32 heavy (non-hydrogen) atoms. The second-order valence-electron chi connectivity index (χ2n) is 6.89. The molecule has 3 aromatic rings. The Labute approximate surface area is 193 Å². The molecule has 0 aliphatic heterocycles. The van der Waals surface area contributed by atoms with Gasteiger partial charge in [0.2, 0.25) is 0 Å². The Bertz CT molecular complexity index is 1170. The summed E-state index contributed by atoms with van der Waals surface area (Å²) in [7, 11) is 0. The van der Waals surface area contributed by atoms with Crippen LogP contribution in [0, 0.1) is 13.8 Å². The predicted octanol–water partition coefficient (Wildman–Crippen LogP) is 5.68. The first-order chi connectivity index (χ1) is 15.2. The van der Waals surface area contributed by atoms with Crippen LogP contribution in [0.15, 0.2) is 54.6 Å². The van der Waals surface area contributed by atoms with E-state index in [1.54, 1.807) is 38.1 Å². The number of para-hydroxylation sites is 1. The van der Waals surface area contributed by atoms with Crippen molar-refractivity contribution in [2.24, 2.45) is 0 Å². The molecule has 0 aromatic heterocycles. The third-order valence-corrected chi connectivity index (χ3v) is 4.97. The van der Waals surface area contributed by atoms with Crippen LogP contribution in [-0.2, 0) is 9.59 Å². The van der Waals surface area contributed by atoms with Gasteiger partial charge in [-0.3, -0.25) is 9.59 Å². The maximum Gasteiger partial charge on any atom is 0.394 e. The van der Waals surface area contributed by atoms with Gasteiger partial charge in [-0.2, -0.15) is 0 Å². The molecule has 0 atom stereocenters. The maximum atomic E-state index is 12.6. The topological polar surface area (TPSA) is 105 Å². The largest absolute Gasteiger partial charge is 0.474 e. The average Bonchev–Trinajstić information content (AvgIpc) is 2.72. The van der Waals surface area contributed by atoms with Crippen molar-refractivity contribution in [1.82, 2.24) is 0 Å². The third kappa shape index (κ3) is 5.38. The van der Waals surface area contributed by atoms with Crippen molar-refractivity contribution in [3.8, 4) is 11.5 Å². The normalized spacial score (nSPS) is 10.4. The zero-order valence-electron chi connectivity index (χ0n) is 17.0. The Morgan fingerprint density at radius 3 is 1.91 bits per heavy atom. The number of carbonyl (C=O) groups is 3. The van der Waals surface area contributed by atoms with Crippen LogP contribution in [0.5, 0.6) is 11.5 Å². The molecule has 0 bridgehead atoms. The predicted molar refractivity (Wildman–Crippen MR) is 123 cm³/mol. The van der Waals surface area contributed by atoms with Gasteiger partial charge < -0.3 is 20.5 Å². The minimum absolute atomic E-state index is 0.0721. The van der Waals surface area contributed by atoms with Crippen molar-refractivity contribution < 1.29 is 24.2 Å². The summed E-state index contributed by atoms with van der Waals surface area (Å²) in [5, 5.41) is 13.9. The standard InChI is InChI=1S/C23H18Cl2N2O5/c1-12-8-14(21(28)26-15-6-4-3-5-7-15)9-13(2)19(12)32-20-17(24)10-16(11-18(20)25)27-22(29)23(30)31/h3-11H,1-2H3,(H,26,28)(H,27,29)(H,30,31). The summed E-state index contributed by atoms with van der Waals surface area (Å²) >= 11 is 12.5. The zero-order chi connectivity index (χ0) is 23.4. The fraction of sp³-hybridized carbons (Fsp3) is 0.0870. The second kappa shape index (κ2) is 9.72. The smallest absolute Gasteiger partial charge is 0.394 e. The number of aliphatic carboxylic acids is 1. The van der Waals surface area contributed by atoms with Crippen molar-refractivity contribution in [3.05, 3.63) is 81.3 Å². The van der Waals surface area contributed by atoms with Gasteiger partial charge in [0.15, 0.2) is 5.75 Å². The minimum atomic E-state index is -1.64. The molecule has 0 aliphatic carbocycles. The zero-order valence-corrected chi connectivity index (χ0v) is 18.5. The molecule has 0 fully saturated rings. The molecule has 0 heterocycles. The van der Waals surface area contributed by atoms with Crippen LogP contribution >= 0.6 is 23.2 Å². The van der Waals surface area contributed by atoms with Crippen molar-refractivity contribution in [3.63, 3.8) is 0 Å². The van der Waals surface area contributed by atoms with Gasteiger partial charge in [-0.15, -0.1) is 0 Å². The van der Waals surface area contributed by atoms with Crippen LogP contribution in [0.25, 0.3) is 0 Å². The van der Waals surface area contributed by atoms with Crippen LogP contribution in [-0.4, -0.2) is 22.9 Å². The van der Waals surface area contributed by atoms with E-state index in [0.717, 1.165) is 0 Å². The van der Waals surface area contributed by atoms with E-state index in [-0.39, 0.29) is 27.4 Å². The molecule has 3 aromatic carbocycles. The van der Waals surface area contributed by atoms with Crippen LogP contribution in [0.2, 0.25) is 10.0 Å². The van der Waals surface area contributed by atoms with E-state index in [1.807, 2.05) is 18.2 Å². The van der Waals surface area contributed by atoms with E-state index >= 15 is 0 Å². The summed E-state index contributed by atoms with van der Waals surface area (Å²) in [5.41, 5.74) is 2.61. The van der Waals surface area contributed by atoms with Crippen molar-refractivity contribution in [2.75, 3.05) is 10.6 Å². The van der Waals surface area contributed by atoms with Gasteiger partial charge in [0.05, 0.1) is 10.0 Å². The highest BCUT2D eigenvalue weighted by Crippen LogP contribution is 2.41. The quantitative estimate of drug-likeness (QED) is 0.414. The number of hydrogen-bond acceptors (Lipinski definition) is 4. The lowest BCUT2D eigenvalue weighted by molar-refractivity contribution is -0.147. The molecule has 0 saturated heterocycles. The SMILES string of the molecule is Cc1cc(C(=O)Nc2ccccc2)cc(C)c1Oc1c(Cl)cc(NC(=O)C(=O)O)cc1Cl. The fourth-order valence-corrected chi connectivity index (χ4v) is 3.55. The number of ether oxygens (including phenoxy) is 1. The summed E-state index contributed by atoms with van der Waals surface area (Å²) in [6.45, 7) is 3.57. The number of aryl methyl sites for hydroxylation is 2. The van der Waals surface area contributed by atoms with Crippen LogP contribution < -0.4 is 15.4 Å². The minimum Gasteiger partial charge on any atom is -0.474 e. The Morgan fingerprint density at radius 2 is 1.38 bits per heavy atom. The molecule has 0 spiro atoms. The number of carboxylic acids is 1. The number of amides is 2. The molecule has 0 unspecified atom stereocenters. The van der Waals surface area contributed by atoms with Gasteiger partial charge in [-0.1, -0.05) is 41.4 Å². The lowest BCUT2D eigenvalue weighted by Crippen LogP contribution is -2.21. The number of rotatable bonds is 5. The first-order valence-electron chi connectivity index (χ1n) is 9.34. The first-order valence-corrected chi connectivity index (χ1v) is 10.1. The van der Waals surface area contributed by atoms with E-state index in [0.29, 0.717) is 28.1 Å². The van der Waals surface area contributed by atoms with Crippen molar-refractivity contribution >= 4 is 52.4 Å². The number of nitrogens with one attached hydrogen (secondary N) is 2. The molecule has 3 N–H and O–H groups in total. The lowest BCUT2D eigenvalue weighted by atomic mass is 10.0. The molecule has 3 rings (SSSR count). The number of carbonyl (C=O) groups excluding carboxylic acids is 2. The lowest BCUT2D eigenvalue weighted by Gasteiger charge is -2.16. The van der Waals surface area contributed by atoms with E-state index in [9.17, 15) is 14.4 Å².